The molecule has 2 N–H and O–H groups in total. The predicted octanol–water partition coefficient (Wildman–Crippen LogP) is 1.59. The van der Waals surface area contributed by atoms with Gasteiger partial charge in [-0.1, -0.05) is 24.3 Å². The van der Waals surface area contributed by atoms with E-state index in [9.17, 15) is 19.7 Å². The molecule has 6 heteroatoms. The first-order valence-electron chi connectivity index (χ1n) is 6.89. The molecule has 0 aliphatic carbocycles. The van der Waals surface area contributed by atoms with Crippen molar-refractivity contribution in [1.29, 1.82) is 10.5 Å². The summed E-state index contributed by atoms with van der Waals surface area (Å²) in [4.78, 5) is 12.0. The van der Waals surface area contributed by atoms with Gasteiger partial charge in [0.2, 0.25) is 6.04 Å². The average molecular weight is 309 g/mol. The number of hydrogen-bond acceptors (Lipinski definition) is 3. The summed E-state index contributed by atoms with van der Waals surface area (Å²) in [5, 5.41) is 18.5. The van der Waals surface area contributed by atoms with Crippen LogP contribution in [-0.4, -0.2) is 5.91 Å². The molecule has 2 rings (SSSR count). The van der Waals surface area contributed by atoms with Crippen LogP contribution < -0.4 is 10.3 Å². The number of pyridine rings is 1. The van der Waals surface area contributed by atoms with Gasteiger partial charge in [-0.15, -0.1) is 0 Å². The second kappa shape index (κ2) is 7.15. The van der Waals surface area contributed by atoms with E-state index in [-0.39, 0.29) is 5.56 Å². The first kappa shape index (κ1) is 16.1. The van der Waals surface area contributed by atoms with Crippen molar-refractivity contribution in [2.24, 2.45) is 11.7 Å². The number of hydrogen-bond donors (Lipinski definition) is 1. The summed E-state index contributed by atoms with van der Waals surface area (Å²) in [6.45, 7) is 0. The maximum absolute atomic E-state index is 14.2. The number of nitrogens with two attached hydrogens (primary N) is 1. The molecule has 0 spiro atoms. The van der Waals surface area contributed by atoms with E-state index < -0.39 is 29.6 Å². The number of nitriles is 2. The first-order valence-corrected chi connectivity index (χ1v) is 6.89. The molecule has 1 aromatic heterocycles. The number of carbonyl (C=O) groups excluding carboxylic acids is 1. The Hall–Kier alpha value is -3.25. The molecule has 2 atom stereocenters. The number of benzene rings is 1. The minimum atomic E-state index is -1.22. The van der Waals surface area contributed by atoms with Crippen LogP contribution in [0.25, 0.3) is 0 Å². The van der Waals surface area contributed by atoms with Crippen molar-refractivity contribution in [1.82, 2.24) is 0 Å². The van der Waals surface area contributed by atoms with Crippen LogP contribution in [-0.2, 0) is 4.79 Å². The molecule has 0 aliphatic rings. The molecule has 1 heterocycles. The Balaban J connectivity index is 2.65. The van der Waals surface area contributed by atoms with Gasteiger partial charge in [-0.25, -0.2) is 4.39 Å². The van der Waals surface area contributed by atoms with Gasteiger partial charge in [0.15, 0.2) is 12.4 Å². The van der Waals surface area contributed by atoms with E-state index in [0.717, 1.165) is 0 Å². The van der Waals surface area contributed by atoms with Crippen LogP contribution in [0, 0.1) is 34.4 Å². The van der Waals surface area contributed by atoms with E-state index in [1.807, 2.05) is 12.1 Å². The summed E-state index contributed by atoms with van der Waals surface area (Å²) in [6.07, 6.45) is 3.18. The van der Waals surface area contributed by atoms with Gasteiger partial charge < -0.3 is 5.73 Å². The molecule has 5 nitrogen and oxygen atoms in total. The third-order valence-electron chi connectivity index (χ3n) is 3.59. The van der Waals surface area contributed by atoms with Gasteiger partial charge in [0.25, 0.3) is 5.91 Å². The van der Waals surface area contributed by atoms with Crippen molar-refractivity contribution >= 4 is 5.91 Å². The molecule has 0 radical (unpaired) electrons. The lowest BCUT2D eigenvalue weighted by molar-refractivity contribution is -0.712. The first-order chi connectivity index (χ1) is 11.1. The van der Waals surface area contributed by atoms with E-state index in [1.54, 1.807) is 36.7 Å². The van der Waals surface area contributed by atoms with Crippen LogP contribution in [0.5, 0.6) is 0 Å². The van der Waals surface area contributed by atoms with Crippen molar-refractivity contribution < 1.29 is 13.8 Å². The fourth-order valence-corrected chi connectivity index (χ4v) is 2.57. The van der Waals surface area contributed by atoms with E-state index >= 15 is 0 Å². The molecule has 1 amide bonds. The van der Waals surface area contributed by atoms with E-state index in [2.05, 4.69) is 0 Å². The number of primary amides is 1. The summed E-state index contributed by atoms with van der Waals surface area (Å²) >= 11 is 0. The van der Waals surface area contributed by atoms with Crippen molar-refractivity contribution in [3.63, 3.8) is 0 Å². The molecule has 0 aliphatic heterocycles. The number of carbonyl (C=O) groups is 1. The predicted molar refractivity (Wildman–Crippen MR) is 78.7 cm³/mol. The normalized spacial score (nSPS) is 12.9. The lowest BCUT2D eigenvalue weighted by atomic mass is 9.81. The third kappa shape index (κ3) is 3.33. The zero-order valence-corrected chi connectivity index (χ0v) is 12.1. The van der Waals surface area contributed by atoms with Crippen LogP contribution in [0.1, 0.15) is 17.5 Å². The van der Waals surface area contributed by atoms with Gasteiger partial charge in [-0.05, 0) is 6.07 Å². The molecule has 23 heavy (non-hydrogen) atoms. The lowest BCUT2D eigenvalue weighted by Crippen LogP contribution is -2.50. The molecule has 2 aromatic rings. The Labute approximate surface area is 133 Å². The van der Waals surface area contributed by atoms with Gasteiger partial charge in [-0.3, -0.25) is 4.79 Å². The molecule has 1 aromatic carbocycles. The summed E-state index contributed by atoms with van der Waals surface area (Å²) in [6, 6.07) is 13.5. The fraction of sp³-hybridized carbons (Fsp3) is 0.176. The second-order valence-corrected chi connectivity index (χ2v) is 4.95. The number of nitrogens with zero attached hydrogens (tertiary/aromatic N) is 3. The molecule has 0 saturated heterocycles. The van der Waals surface area contributed by atoms with Gasteiger partial charge >= 0.3 is 0 Å². The van der Waals surface area contributed by atoms with Crippen LogP contribution in [0.4, 0.5) is 4.39 Å². The number of amides is 1. The number of aromatic nitrogens is 1. The van der Waals surface area contributed by atoms with E-state index in [4.69, 9.17) is 5.73 Å². The van der Waals surface area contributed by atoms with Crippen LogP contribution in [0.2, 0.25) is 0 Å². The Bertz CT molecular complexity index is 765. The highest BCUT2D eigenvalue weighted by molar-refractivity contribution is 5.78. The highest BCUT2D eigenvalue weighted by Crippen LogP contribution is 2.33. The van der Waals surface area contributed by atoms with Crippen LogP contribution >= 0.6 is 0 Å². The van der Waals surface area contributed by atoms with E-state index in [0.29, 0.717) is 0 Å². The zero-order valence-electron chi connectivity index (χ0n) is 12.1. The Morgan fingerprint density at radius 2 is 1.70 bits per heavy atom. The van der Waals surface area contributed by atoms with Crippen LogP contribution in [0.15, 0.2) is 54.9 Å². The second-order valence-electron chi connectivity index (χ2n) is 4.95. The molecule has 0 unspecified atom stereocenters. The summed E-state index contributed by atoms with van der Waals surface area (Å²) < 4.78 is 15.7. The highest BCUT2D eigenvalue weighted by atomic mass is 19.1. The Kier molecular flexibility index (Phi) is 5.01. The number of halogens is 1. The topological polar surface area (TPSA) is 94.5 Å². The van der Waals surface area contributed by atoms with Crippen molar-refractivity contribution in [3.05, 3.63) is 66.2 Å². The largest absolute Gasteiger partial charge is 0.364 e. The maximum Gasteiger partial charge on any atom is 0.287 e. The summed E-state index contributed by atoms with van der Waals surface area (Å²) in [5.41, 5.74) is 5.62. The van der Waals surface area contributed by atoms with Gasteiger partial charge in [0.05, 0.1) is 18.1 Å². The van der Waals surface area contributed by atoms with Crippen molar-refractivity contribution in [2.75, 3.05) is 0 Å². The Morgan fingerprint density at radius 3 is 2.22 bits per heavy atom. The SMILES string of the molecule is N#CC(C#N)[C@H](c1ccccc1F)[C@@H](C(N)=O)[n+]1ccccc1. The smallest absolute Gasteiger partial charge is 0.287 e. The average Bonchev–Trinajstić information content (AvgIpc) is 2.56. The van der Waals surface area contributed by atoms with Gasteiger partial charge in [-0.2, -0.15) is 15.1 Å². The third-order valence-corrected chi connectivity index (χ3v) is 3.59. The fourth-order valence-electron chi connectivity index (χ4n) is 2.57. The molecule has 0 fully saturated rings. The van der Waals surface area contributed by atoms with Gasteiger partial charge in [0.1, 0.15) is 11.7 Å². The summed E-state index contributed by atoms with van der Waals surface area (Å²) in [7, 11) is 0. The van der Waals surface area contributed by atoms with Crippen molar-refractivity contribution in [2.45, 2.75) is 12.0 Å². The minimum Gasteiger partial charge on any atom is -0.364 e. The standard InChI is InChI=1S/C17H13FN4O/c18-14-7-3-2-6-13(14)15(12(10-19)11-20)16(17(21)23)22-8-4-1-5-9-22/h1-9,12,15-16H,(H-,21,23)/p+1/t15-,16+/m1/s1. The lowest BCUT2D eigenvalue weighted by Gasteiger charge is -2.22. The quantitative estimate of drug-likeness (QED) is 0.850. The molecular weight excluding hydrogens is 295 g/mol. The number of rotatable bonds is 5. The molecule has 114 valence electrons. The zero-order chi connectivity index (χ0) is 16.8. The maximum atomic E-state index is 14.2. The van der Waals surface area contributed by atoms with Crippen molar-refractivity contribution in [3.8, 4) is 12.1 Å². The summed E-state index contributed by atoms with van der Waals surface area (Å²) in [5.74, 6) is -3.58. The molecule has 0 bridgehead atoms. The highest BCUT2D eigenvalue weighted by Gasteiger charge is 2.42. The van der Waals surface area contributed by atoms with E-state index in [1.165, 1.54) is 22.8 Å². The van der Waals surface area contributed by atoms with Crippen LogP contribution in [0.3, 0.4) is 0 Å². The van der Waals surface area contributed by atoms with Gasteiger partial charge in [0, 0.05) is 17.7 Å². The Morgan fingerprint density at radius 1 is 1.09 bits per heavy atom. The minimum absolute atomic E-state index is 0.112. The molecule has 0 saturated carbocycles. The monoisotopic (exact) mass is 309 g/mol. The molecular formula is C17H14FN4O+.